The van der Waals surface area contributed by atoms with Crippen LogP contribution in [0, 0.1) is 23.3 Å². The normalized spacial score (nSPS) is 12.7. The van der Waals surface area contributed by atoms with Crippen molar-refractivity contribution in [3.63, 3.8) is 0 Å². The Labute approximate surface area is 168 Å². The number of benzene rings is 3. The number of hydrogen-bond acceptors (Lipinski definition) is 4. The molecule has 0 unspecified atom stereocenters. The fraction of sp³-hybridized carbons (Fsp3) is 0.0952. The third-order valence-electron chi connectivity index (χ3n) is 4.68. The van der Waals surface area contributed by atoms with Gasteiger partial charge in [0.2, 0.25) is 11.6 Å². The summed E-state index contributed by atoms with van der Waals surface area (Å²) in [5.74, 6) is -9.80. The molecule has 0 saturated carbocycles. The Kier molecular flexibility index (Phi) is 4.94. The molecule has 1 aliphatic rings. The van der Waals surface area contributed by atoms with Gasteiger partial charge in [-0.25, -0.2) is 8.78 Å². The smallest absolute Gasteiger partial charge is 0.261 e. The van der Waals surface area contributed by atoms with Crippen molar-refractivity contribution in [1.29, 1.82) is 0 Å². The SMILES string of the molecule is COc1c(F)c(F)c(C(=O)Nc2ccc(C3Nc4ccccc4N3)cc2)c(F)c1F. The Hall–Kier alpha value is -3.75. The number of anilines is 3. The van der Waals surface area contributed by atoms with Crippen LogP contribution in [0.3, 0.4) is 0 Å². The number of carbonyl (C=O) groups is 1. The van der Waals surface area contributed by atoms with Gasteiger partial charge in [0, 0.05) is 5.69 Å². The quantitative estimate of drug-likeness (QED) is 0.411. The number of nitrogens with one attached hydrogen (secondary N) is 3. The van der Waals surface area contributed by atoms with E-state index in [9.17, 15) is 22.4 Å². The monoisotopic (exact) mass is 417 g/mol. The zero-order valence-electron chi connectivity index (χ0n) is 15.5. The van der Waals surface area contributed by atoms with E-state index in [-0.39, 0.29) is 11.9 Å². The molecule has 1 heterocycles. The van der Waals surface area contributed by atoms with E-state index in [2.05, 4.69) is 20.7 Å². The second-order valence-electron chi connectivity index (χ2n) is 6.51. The number of fused-ring (bicyclic) bond motifs is 1. The first-order valence-corrected chi connectivity index (χ1v) is 8.84. The maximum absolute atomic E-state index is 14.1. The van der Waals surface area contributed by atoms with E-state index in [1.165, 1.54) is 12.1 Å². The van der Waals surface area contributed by atoms with E-state index in [4.69, 9.17) is 0 Å². The third-order valence-corrected chi connectivity index (χ3v) is 4.68. The number of methoxy groups -OCH3 is 1. The molecule has 1 aliphatic heterocycles. The lowest BCUT2D eigenvalue weighted by Gasteiger charge is -2.14. The summed E-state index contributed by atoms with van der Waals surface area (Å²) < 4.78 is 60.2. The van der Waals surface area contributed by atoms with Gasteiger partial charge in [0.25, 0.3) is 5.91 Å². The van der Waals surface area contributed by atoms with E-state index >= 15 is 0 Å². The van der Waals surface area contributed by atoms with Gasteiger partial charge in [-0.2, -0.15) is 8.78 Å². The molecule has 4 rings (SSSR count). The molecular weight excluding hydrogens is 402 g/mol. The molecule has 5 nitrogen and oxygen atoms in total. The minimum Gasteiger partial charge on any atom is -0.491 e. The van der Waals surface area contributed by atoms with Crippen LogP contribution < -0.4 is 20.7 Å². The molecule has 0 spiro atoms. The highest BCUT2D eigenvalue weighted by Gasteiger charge is 2.30. The van der Waals surface area contributed by atoms with E-state index in [1.54, 1.807) is 12.1 Å². The summed E-state index contributed by atoms with van der Waals surface area (Å²) in [5.41, 5.74) is 1.53. The Bertz CT molecular complexity index is 1080. The number of amides is 1. The molecule has 9 heteroatoms. The molecule has 1 amide bonds. The second-order valence-corrected chi connectivity index (χ2v) is 6.51. The van der Waals surface area contributed by atoms with Crippen molar-refractivity contribution in [3.05, 3.63) is 82.9 Å². The molecule has 154 valence electrons. The summed E-state index contributed by atoms with van der Waals surface area (Å²) in [6.07, 6.45) is -0.202. The molecule has 0 aliphatic carbocycles. The zero-order chi connectivity index (χ0) is 21.4. The van der Waals surface area contributed by atoms with Crippen LogP contribution in [-0.2, 0) is 0 Å². The lowest BCUT2D eigenvalue weighted by atomic mass is 10.1. The predicted molar refractivity (Wildman–Crippen MR) is 104 cm³/mol. The van der Waals surface area contributed by atoms with Crippen LogP contribution in [0.1, 0.15) is 22.1 Å². The Morgan fingerprint density at radius 3 is 1.90 bits per heavy atom. The summed E-state index contributed by atoms with van der Waals surface area (Å²) in [5, 5.41) is 8.80. The van der Waals surface area contributed by atoms with Crippen molar-refractivity contribution in [2.45, 2.75) is 6.17 Å². The van der Waals surface area contributed by atoms with Crippen LogP contribution in [0.5, 0.6) is 5.75 Å². The fourth-order valence-electron chi connectivity index (χ4n) is 3.19. The lowest BCUT2D eigenvalue weighted by Crippen LogP contribution is -2.19. The standard InChI is InChI=1S/C21H15F4N3O2/c1-30-19-17(24)15(22)14(16(23)18(19)25)21(29)26-11-8-6-10(7-9-11)20-27-12-4-2-3-5-13(12)28-20/h2-9,20,27-28H,1H3,(H,26,29). The van der Waals surface area contributed by atoms with Crippen molar-refractivity contribution in [2.75, 3.05) is 23.1 Å². The third kappa shape index (κ3) is 3.28. The summed E-state index contributed by atoms with van der Waals surface area (Å²) >= 11 is 0. The van der Waals surface area contributed by atoms with Crippen molar-refractivity contribution in [2.24, 2.45) is 0 Å². The van der Waals surface area contributed by atoms with Crippen LogP contribution in [0.2, 0.25) is 0 Å². The summed E-state index contributed by atoms with van der Waals surface area (Å²) in [6.45, 7) is 0. The first-order chi connectivity index (χ1) is 14.4. The van der Waals surface area contributed by atoms with E-state index in [1.807, 2.05) is 24.3 Å². The molecule has 0 fully saturated rings. The number of hydrogen-bond donors (Lipinski definition) is 3. The largest absolute Gasteiger partial charge is 0.491 e. The summed E-state index contributed by atoms with van der Waals surface area (Å²) in [4.78, 5) is 12.3. The molecule has 0 atom stereocenters. The molecular formula is C21H15F4N3O2. The zero-order valence-corrected chi connectivity index (χ0v) is 15.5. The average molecular weight is 417 g/mol. The lowest BCUT2D eigenvalue weighted by molar-refractivity contribution is 0.101. The first-order valence-electron chi connectivity index (χ1n) is 8.84. The highest BCUT2D eigenvalue weighted by Crippen LogP contribution is 2.35. The fourth-order valence-corrected chi connectivity index (χ4v) is 3.19. The molecule has 3 aromatic rings. The van der Waals surface area contributed by atoms with Crippen molar-refractivity contribution < 1.29 is 27.1 Å². The highest BCUT2D eigenvalue weighted by atomic mass is 19.2. The average Bonchev–Trinajstić information content (AvgIpc) is 3.18. The highest BCUT2D eigenvalue weighted by molar-refractivity contribution is 6.04. The van der Waals surface area contributed by atoms with Crippen LogP contribution in [0.4, 0.5) is 34.6 Å². The number of halogens is 4. The molecule has 3 N–H and O–H groups in total. The summed E-state index contributed by atoms with van der Waals surface area (Å²) in [6, 6.07) is 14.0. The number of carbonyl (C=O) groups excluding carboxylic acids is 1. The van der Waals surface area contributed by atoms with Crippen LogP contribution in [0.25, 0.3) is 0 Å². The van der Waals surface area contributed by atoms with E-state index in [0.29, 0.717) is 0 Å². The van der Waals surface area contributed by atoms with Gasteiger partial charge < -0.3 is 20.7 Å². The van der Waals surface area contributed by atoms with Gasteiger partial charge in [-0.05, 0) is 29.8 Å². The minimum atomic E-state index is -1.84. The molecule has 3 aromatic carbocycles. The van der Waals surface area contributed by atoms with Gasteiger partial charge in [-0.15, -0.1) is 0 Å². The Morgan fingerprint density at radius 2 is 1.40 bits per heavy atom. The summed E-state index contributed by atoms with van der Waals surface area (Å²) in [7, 11) is 0.855. The van der Waals surface area contributed by atoms with Crippen molar-refractivity contribution in [3.8, 4) is 5.75 Å². The molecule has 30 heavy (non-hydrogen) atoms. The van der Waals surface area contributed by atoms with Crippen molar-refractivity contribution >= 4 is 23.0 Å². The van der Waals surface area contributed by atoms with Gasteiger partial charge in [0.1, 0.15) is 11.7 Å². The van der Waals surface area contributed by atoms with Crippen LogP contribution in [0.15, 0.2) is 48.5 Å². The first kappa shape index (κ1) is 19.6. The topological polar surface area (TPSA) is 62.4 Å². The van der Waals surface area contributed by atoms with Crippen LogP contribution >= 0.6 is 0 Å². The van der Waals surface area contributed by atoms with Gasteiger partial charge >= 0.3 is 0 Å². The van der Waals surface area contributed by atoms with Crippen molar-refractivity contribution in [1.82, 2.24) is 0 Å². The second kappa shape index (κ2) is 7.58. The van der Waals surface area contributed by atoms with Gasteiger partial charge in [0.05, 0.1) is 18.5 Å². The van der Waals surface area contributed by atoms with Crippen LogP contribution in [-0.4, -0.2) is 13.0 Å². The molecule has 0 aromatic heterocycles. The maximum atomic E-state index is 14.1. The van der Waals surface area contributed by atoms with E-state index < -0.39 is 40.5 Å². The minimum absolute atomic E-state index is 0.190. The Morgan fingerprint density at radius 1 is 0.867 bits per heavy atom. The Balaban J connectivity index is 1.53. The number of rotatable bonds is 4. The molecule has 0 radical (unpaired) electrons. The molecule has 0 bridgehead atoms. The number of para-hydroxylation sites is 2. The predicted octanol–water partition coefficient (Wildman–Crippen LogP) is 5.04. The number of ether oxygens (including phenoxy) is 1. The van der Waals surface area contributed by atoms with Gasteiger partial charge in [0.15, 0.2) is 17.4 Å². The molecule has 0 saturated heterocycles. The van der Waals surface area contributed by atoms with E-state index in [0.717, 1.165) is 24.0 Å². The maximum Gasteiger partial charge on any atom is 0.261 e. The van der Waals surface area contributed by atoms with Gasteiger partial charge in [-0.3, -0.25) is 4.79 Å². The van der Waals surface area contributed by atoms with Gasteiger partial charge in [-0.1, -0.05) is 24.3 Å².